The van der Waals surface area contributed by atoms with Gasteiger partial charge in [0.15, 0.2) is 0 Å². The number of hydrogen-bond donors (Lipinski definition) is 5. The van der Waals surface area contributed by atoms with Gasteiger partial charge in [0.25, 0.3) is 0 Å². The lowest BCUT2D eigenvalue weighted by Crippen LogP contribution is -2.56. The Kier molecular flexibility index (Phi) is 10.8. The summed E-state index contributed by atoms with van der Waals surface area (Å²) in [6.45, 7) is 2.50. The minimum absolute atomic E-state index is 0.0379. The summed E-state index contributed by atoms with van der Waals surface area (Å²) >= 11 is 0. The first-order valence-corrected chi connectivity index (χ1v) is 7.90. The zero-order valence-electron chi connectivity index (χ0n) is 13.2. The summed E-state index contributed by atoms with van der Waals surface area (Å²) in [5.74, 6) is -1.11. The Labute approximate surface area is 126 Å². The van der Waals surface area contributed by atoms with Crippen LogP contribution in [0.2, 0.25) is 0 Å². The fourth-order valence-electron chi connectivity index (χ4n) is 2.53. The van der Waals surface area contributed by atoms with Gasteiger partial charge in [-0.3, -0.25) is 9.59 Å². The molecule has 0 rings (SSSR count). The van der Waals surface area contributed by atoms with Gasteiger partial charge >= 0.3 is 5.97 Å². The Morgan fingerprint density at radius 1 is 0.857 bits per heavy atom. The molecule has 0 unspecified atom stereocenters. The van der Waals surface area contributed by atoms with Gasteiger partial charge in [-0.1, -0.05) is 0 Å². The fourth-order valence-corrected chi connectivity index (χ4v) is 2.53. The molecule has 21 heavy (non-hydrogen) atoms. The van der Waals surface area contributed by atoms with E-state index < -0.39 is 5.97 Å². The molecule has 7 heteroatoms. The third-order valence-electron chi connectivity index (χ3n) is 3.69. The molecule has 11 N–H and O–H groups in total. The summed E-state index contributed by atoms with van der Waals surface area (Å²) in [7, 11) is 0. The van der Waals surface area contributed by atoms with E-state index in [-0.39, 0.29) is 24.3 Å². The number of carbonyl (C=O) groups excluding carboxylic acids is 1. The van der Waals surface area contributed by atoms with Crippen LogP contribution >= 0.6 is 0 Å². The average Bonchev–Trinajstić information content (AvgIpc) is 2.46. The van der Waals surface area contributed by atoms with E-state index in [9.17, 15) is 9.59 Å². The number of carboxylic acids is 1. The number of carbonyl (C=O) groups is 2. The smallest absolute Gasteiger partial charge is 0.303 e. The van der Waals surface area contributed by atoms with E-state index in [4.69, 9.17) is 5.11 Å². The van der Waals surface area contributed by atoms with E-state index in [0.29, 0.717) is 0 Å². The molecule has 0 spiro atoms. The largest absolute Gasteiger partial charge is 0.481 e. The van der Waals surface area contributed by atoms with Gasteiger partial charge in [0.05, 0.1) is 26.1 Å². The first kappa shape index (κ1) is 19.8. The molecule has 0 aromatic rings. The number of quaternary nitrogens is 3. The summed E-state index contributed by atoms with van der Waals surface area (Å²) < 4.78 is 0. The number of rotatable bonds is 13. The summed E-state index contributed by atoms with van der Waals surface area (Å²) in [5, 5.41) is 11.8. The minimum atomic E-state index is -0.941. The van der Waals surface area contributed by atoms with Crippen LogP contribution in [0.25, 0.3) is 0 Å². The van der Waals surface area contributed by atoms with Crippen LogP contribution in [-0.2, 0) is 9.59 Å². The highest BCUT2D eigenvalue weighted by atomic mass is 16.4. The zero-order valence-corrected chi connectivity index (χ0v) is 13.2. The molecule has 124 valence electrons. The van der Waals surface area contributed by atoms with E-state index >= 15 is 0 Å². The molecule has 0 aliphatic rings. The van der Waals surface area contributed by atoms with Crippen LogP contribution in [-0.4, -0.2) is 42.2 Å². The lowest BCUT2D eigenvalue weighted by Gasteiger charge is -2.35. The first-order chi connectivity index (χ1) is 9.99. The Balaban J connectivity index is 4.75. The molecule has 1 amide bonds. The number of nitrogens with one attached hydrogen (secondary N) is 1. The zero-order chi connectivity index (χ0) is 16.1. The topological polar surface area (TPSA) is 149 Å². The summed E-state index contributed by atoms with van der Waals surface area (Å²) in [4.78, 5) is 22.6. The van der Waals surface area contributed by atoms with Crippen molar-refractivity contribution < 1.29 is 31.9 Å². The monoisotopic (exact) mass is 305 g/mol. The molecule has 0 fully saturated rings. The van der Waals surface area contributed by atoms with Gasteiger partial charge in [0.2, 0.25) is 5.91 Å². The van der Waals surface area contributed by atoms with Crippen LogP contribution in [0.3, 0.4) is 0 Å². The lowest BCUT2D eigenvalue weighted by atomic mass is 9.83. The fraction of sp³-hybridized carbons (Fsp3) is 0.857. The van der Waals surface area contributed by atoms with E-state index in [2.05, 4.69) is 22.5 Å². The van der Waals surface area contributed by atoms with Gasteiger partial charge in [-0.05, 0) is 38.5 Å². The predicted molar refractivity (Wildman–Crippen MR) is 78.7 cm³/mol. The first-order valence-electron chi connectivity index (χ1n) is 7.90. The standard InChI is InChI=1S/C14H30N4O3/c15-9-1-6-14(7-2-10-16,8-3-11-17)18-12(19)4-5-13(20)21/h1-11,15-17H2,(H,18,19)(H,20,21)/p+3. The van der Waals surface area contributed by atoms with Gasteiger partial charge < -0.3 is 27.6 Å². The number of amides is 1. The van der Waals surface area contributed by atoms with Gasteiger partial charge in [-0.25, -0.2) is 0 Å². The Hall–Kier alpha value is -1.18. The molecule has 0 radical (unpaired) electrons. The SMILES string of the molecule is [NH3+]CCCC(CCC[NH3+])(CCC[NH3+])NC(=O)CCC(=O)O. The second-order valence-electron chi connectivity index (χ2n) is 5.59. The van der Waals surface area contributed by atoms with Crippen LogP contribution in [0.15, 0.2) is 0 Å². The highest BCUT2D eigenvalue weighted by Crippen LogP contribution is 2.25. The Morgan fingerprint density at radius 3 is 1.62 bits per heavy atom. The summed E-state index contributed by atoms with van der Waals surface area (Å²) in [6.07, 6.45) is 5.42. The molecule has 0 aromatic heterocycles. The Bertz CT molecular complexity index is 289. The van der Waals surface area contributed by atoms with Crippen LogP contribution in [0.5, 0.6) is 0 Å². The van der Waals surface area contributed by atoms with Gasteiger partial charge in [-0.2, -0.15) is 0 Å². The van der Waals surface area contributed by atoms with Crippen LogP contribution in [0.1, 0.15) is 51.4 Å². The van der Waals surface area contributed by atoms with Crippen molar-refractivity contribution in [3.8, 4) is 0 Å². The molecule has 0 aliphatic heterocycles. The van der Waals surface area contributed by atoms with Crippen molar-refractivity contribution in [1.29, 1.82) is 0 Å². The lowest BCUT2D eigenvalue weighted by molar-refractivity contribution is -0.371. The van der Waals surface area contributed by atoms with Crippen molar-refractivity contribution >= 4 is 11.9 Å². The third kappa shape index (κ3) is 9.38. The number of aliphatic carboxylic acids is 1. The molecule has 0 heterocycles. The number of carboxylic acid groups (broad SMARTS) is 1. The Morgan fingerprint density at radius 2 is 1.29 bits per heavy atom. The molecule has 0 saturated heterocycles. The number of hydrogen-bond acceptors (Lipinski definition) is 2. The van der Waals surface area contributed by atoms with E-state index in [1.165, 1.54) is 0 Å². The normalized spacial score (nSPS) is 11.4. The van der Waals surface area contributed by atoms with Crippen LogP contribution < -0.4 is 22.5 Å². The van der Waals surface area contributed by atoms with Crippen molar-refractivity contribution in [3.63, 3.8) is 0 Å². The molecule has 0 aliphatic carbocycles. The third-order valence-corrected chi connectivity index (χ3v) is 3.69. The van der Waals surface area contributed by atoms with E-state index in [1.54, 1.807) is 0 Å². The molecule has 0 saturated carbocycles. The van der Waals surface area contributed by atoms with Gasteiger partial charge in [0, 0.05) is 12.0 Å². The average molecular weight is 305 g/mol. The maximum absolute atomic E-state index is 12.0. The molecule has 0 bridgehead atoms. The van der Waals surface area contributed by atoms with Crippen molar-refractivity contribution in [2.24, 2.45) is 0 Å². The van der Waals surface area contributed by atoms with Crippen molar-refractivity contribution in [3.05, 3.63) is 0 Å². The van der Waals surface area contributed by atoms with E-state index in [1.807, 2.05) is 0 Å². The molecule has 0 aromatic carbocycles. The predicted octanol–water partition coefficient (Wildman–Crippen LogP) is -2.23. The van der Waals surface area contributed by atoms with E-state index in [0.717, 1.165) is 58.2 Å². The van der Waals surface area contributed by atoms with Crippen LogP contribution in [0.4, 0.5) is 0 Å². The van der Waals surface area contributed by atoms with Gasteiger partial charge in [-0.15, -0.1) is 0 Å². The minimum Gasteiger partial charge on any atom is -0.481 e. The maximum atomic E-state index is 12.0. The molecular weight excluding hydrogens is 272 g/mol. The highest BCUT2D eigenvalue weighted by Gasteiger charge is 2.30. The van der Waals surface area contributed by atoms with Crippen molar-refractivity contribution in [2.75, 3.05) is 19.6 Å². The second-order valence-corrected chi connectivity index (χ2v) is 5.59. The summed E-state index contributed by atoms with van der Waals surface area (Å²) in [5.41, 5.74) is 11.4. The summed E-state index contributed by atoms with van der Waals surface area (Å²) in [6, 6.07) is 0. The molecule has 7 nitrogen and oxygen atoms in total. The molecule has 0 atom stereocenters. The van der Waals surface area contributed by atoms with Crippen molar-refractivity contribution in [2.45, 2.75) is 56.9 Å². The molecular formula is C14H33N4O3+3. The van der Waals surface area contributed by atoms with Crippen molar-refractivity contribution in [1.82, 2.24) is 5.32 Å². The quantitative estimate of drug-likeness (QED) is 0.262. The maximum Gasteiger partial charge on any atom is 0.303 e. The second kappa shape index (κ2) is 11.5. The highest BCUT2D eigenvalue weighted by molar-refractivity contribution is 5.81. The van der Waals surface area contributed by atoms with Gasteiger partial charge in [0.1, 0.15) is 0 Å². The van der Waals surface area contributed by atoms with Crippen LogP contribution in [0, 0.1) is 0 Å².